The van der Waals surface area contributed by atoms with Gasteiger partial charge in [0, 0.05) is 19.7 Å². The SMILES string of the molecule is COC(=O)[C@](C)(COC1CCCCO1)C[C@@H](Cc1ccc(-c2ccccc2)cc1)NC(=O)c1cn(C)nn1. The molecule has 38 heavy (non-hydrogen) atoms. The molecule has 0 saturated carbocycles. The summed E-state index contributed by atoms with van der Waals surface area (Å²) in [6.45, 7) is 2.58. The third-order valence-corrected chi connectivity index (χ3v) is 6.81. The van der Waals surface area contributed by atoms with Gasteiger partial charge in [-0.15, -0.1) is 5.10 Å². The van der Waals surface area contributed by atoms with Crippen LogP contribution >= 0.6 is 0 Å². The number of hydrogen-bond donors (Lipinski definition) is 1. The lowest BCUT2D eigenvalue weighted by Gasteiger charge is -2.33. The van der Waals surface area contributed by atoms with E-state index in [0.29, 0.717) is 19.4 Å². The van der Waals surface area contributed by atoms with Crippen LogP contribution in [0.25, 0.3) is 11.1 Å². The number of nitrogens with one attached hydrogen (secondary N) is 1. The second kappa shape index (κ2) is 12.8. The maximum absolute atomic E-state index is 13.0. The van der Waals surface area contributed by atoms with Gasteiger partial charge in [0.05, 0.1) is 25.3 Å². The molecule has 3 aromatic rings. The van der Waals surface area contributed by atoms with E-state index in [1.165, 1.54) is 11.8 Å². The molecule has 1 amide bonds. The van der Waals surface area contributed by atoms with Crippen LogP contribution in [0.15, 0.2) is 60.8 Å². The summed E-state index contributed by atoms with van der Waals surface area (Å²) >= 11 is 0. The number of carbonyl (C=O) groups is 2. The van der Waals surface area contributed by atoms with Gasteiger partial charge in [0.2, 0.25) is 0 Å². The molecular weight excluding hydrogens is 484 g/mol. The van der Waals surface area contributed by atoms with Gasteiger partial charge in [0.25, 0.3) is 5.91 Å². The van der Waals surface area contributed by atoms with Crippen molar-refractivity contribution in [3.05, 3.63) is 72.1 Å². The summed E-state index contributed by atoms with van der Waals surface area (Å²) < 4.78 is 18.4. The molecule has 0 radical (unpaired) electrons. The fourth-order valence-corrected chi connectivity index (χ4v) is 4.74. The van der Waals surface area contributed by atoms with Crippen LogP contribution in [0.3, 0.4) is 0 Å². The highest BCUT2D eigenvalue weighted by Crippen LogP contribution is 2.29. The highest BCUT2D eigenvalue weighted by atomic mass is 16.7. The Bertz CT molecular complexity index is 1190. The summed E-state index contributed by atoms with van der Waals surface area (Å²) in [5.41, 5.74) is 2.47. The van der Waals surface area contributed by atoms with E-state index in [4.69, 9.17) is 14.2 Å². The van der Waals surface area contributed by atoms with Crippen molar-refractivity contribution < 1.29 is 23.8 Å². The van der Waals surface area contributed by atoms with Crippen LogP contribution < -0.4 is 5.32 Å². The number of carbonyl (C=O) groups excluding carboxylic acids is 2. The molecule has 2 heterocycles. The summed E-state index contributed by atoms with van der Waals surface area (Å²) in [7, 11) is 3.07. The predicted octanol–water partition coefficient (Wildman–Crippen LogP) is 3.94. The summed E-state index contributed by atoms with van der Waals surface area (Å²) in [5, 5.41) is 10.9. The molecule has 1 aromatic heterocycles. The maximum atomic E-state index is 13.0. The quantitative estimate of drug-likeness (QED) is 0.382. The first-order chi connectivity index (χ1) is 18.4. The molecule has 1 saturated heterocycles. The van der Waals surface area contributed by atoms with E-state index >= 15 is 0 Å². The van der Waals surface area contributed by atoms with Crippen LogP contribution in [0.5, 0.6) is 0 Å². The minimum Gasteiger partial charge on any atom is -0.469 e. The molecule has 9 heteroatoms. The summed E-state index contributed by atoms with van der Waals surface area (Å²) in [4.78, 5) is 26.0. The van der Waals surface area contributed by atoms with Gasteiger partial charge >= 0.3 is 5.97 Å². The fraction of sp³-hybridized carbons (Fsp3) is 0.448. The number of methoxy groups -OCH3 is 1. The zero-order valence-corrected chi connectivity index (χ0v) is 22.3. The monoisotopic (exact) mass is 520 g/mol. The zero-order chi connectivity index (χ0) is 27.0. The normalized spacial score (nSPS) is 17.8. The van der Waals surface area contributed by atoms with Gasteiger partial charge in [-0.1, -0.05) is 59.8 Å². The Morgan fingerprint density at radius 2 is 1.87 bits per heavy atom. The zero-order valence-electron chi connectivity index (χ0n) is 22.3. The summed E-state index contributed by atoms with van der Waals surface area (Å²) in [5.74, 6) is -0.751. The van der Waals surface area contributed by atoms with Crippen LogP contribution in [-0.4, -0.2) is 59.5 Å². The number of nitrogens with zero attached hydrogens (tertiary/aromatic N) is 3. The van der Waals surface area contributed by atoms with Gasteiger partial charge in [0.15, 0.2) is 12.0 Å². The Morgan fingerprint density at radius 3 is 2.50 bits per heavy atom. The van der Waals surface area contributed by atoms with Gasteiger partial charge in [-0.2, -0.15) is 0 Å². The number of amides is 1. The van der Waals surface area contributed by atoms with Crippen molar-refractivity contribution in [2.24, 2.45) is 12.5 Å². The fourth-order valence-electron chi connectivity index (χ4n) is 4.74. The van der Waals surface area contributed by atoms with Crippen molar-refractivity contribution >= 4 is 11.9 Å². The molecule has 1 fully saturated rings. The molecule has 1 unspecified atom stereocenters. The minimum absolute atomic E-state index is 0.120. The van der Waals surface area contributed by atoms with E-state index in [2.05, 4.69) is 39.9 Å². The van der Waals surface area contributed by atoms with Crippen LogP contribution in [0.4, 0.5) is 0 Å². The van der Waals surface area contributed by atoms with Crippen molar-refractivity contribution in [3.63, 3.8) is 0 Å². The molecule has 202 valence electrons. The predicted molar refractivity (Wildman–Crippen MR) is 142 cm³/mol. The van der Waals surface area contributed by atoms with Crippen molar-refractivity contribution in [2.75, 3.05) is 20.3 Å². The van der Waals surface area contributed by atoms with E-state index in [1.54, 1.807) is 13.2 Å². The van der Waals surface area contributed by atoms with Gasteiger partial charge in [-0.3, -0.25) is 14.3 Å². The van der Waals surface area contributed by atoms with Gasteiger partial charge in [-0.05, 0) is 55.7 Å². The molecule has 2 aromatic carbocycles. The minimum atomic E-state index is -1.00. The molecule has 4 rings (SSSR count). The van der Waals surface area contributed by atoms with Crippen molar-refractivity contribution in [1.29, 1.82) is 0 Å². The molecule has 0 aliphatic carbocycles. The van der Waals surface area contributed by atoms with Crippen LogP contribution in [-0.2, 0) is 32.5 Å². The average molecular weight is 521 g/mol. The molecule has 1 aliphatic rings. The summed E-state index contributed by atoms with van der Waals surface area (Å²) in [6.07, 6.45) is 4.85. The van der Waals surface area contributed by atoms with E-state index in [9.17, 15) is 9.59 Å². The smallest absolute Gasteiger partial charge is 0.313 e. The lowest BCUT2D eigenvalue weighted by atomic mass is 9.82. The molecular formula is C29H36N4O5. The van der Waals surface area contributed by atoms with E-state index < -0.39 is 17.4 Å². The van der Waals surface area contributed by atoms with Gasteiger partial charge in [0.1, 0.15) is 0 Å². The molecule has 0 bridgehead atoms. The third kappa shape index (κ3) is 7.26. The van der Waals surface area contributed by atoms with Crippen LogP contribution in [0.1, 0.15) is 48.7 Å². The first kappa shape index (κ1) is 27.5. The number of benzene rings is 2. The molecule has 3 atom stereocenters. The number of esters is 1. The van der Waals surface area contributed by atoms with Gasteiger partial charge in [-0.25, -0.2) is 0 Å². The van der Waals surface area contributed by atoms with Crippen molar-refractivity contribution in [1.82, 2.24) is 20.3 Å². The summed E-state index contributed by atoms with van der Waals surface area (Å²) in [6, 6.07) is 18.0. The van der Waals surface area contributed by atoms with Gasteiger partial charge < -0.3 is 19.5 Å². The largest absolute Gasteiger partial charge is 0.469 e. The Morgan fingerprint density at radius 1 is 1.13 bits per heavy atom. The first-order valence-corrected chi connectivity index (χ1v) is 13.0. The maximum Gasteiger partial charge on any atom is 0.313 e. The number of ether oxygens (including phenoxy) is 3. The Hall–Kier alpha value is -3.56. The van der Waals surface area contributed by atoms with E-state index in [0.717, 1.165) is 36.0 Å². The lowest BCUT2D eigenvalue weighted by Crippen LogP contribution is -2.45. The number of rotatable bonds is 11. The topological polar surface area (TPSA) is 105 Å². The van der Waals surface area contributed by atoms with Crippen molar-refractivity contribution in [2.45, 2.75) is 51.4 Å². The average Bonchev–Trinajstić information content (AvgIpc) is 3.39. The second-order valence-corrected chi connectivity index (χ2v) is 10.1. The Labute approximate surface area is 223 Å². The number of aromatic nitrogens is 3. The Balaban J connectivity index is 1.53. The Kier molecular flexibility index (Phi) is 9.25. The second-order valence-electron chi connectivity index (χ2n) is 10.1. The molecule has 9 nitrogen and oxygen atoms in total. The van der Waals surface area contributed by atoms with E-state index in [-0.39, 0.29) is 24.5 Å². The van der Waals surface area contributed by atoms with E-state index in [1.807, 2.05) is 37.3 Å². The first-order valence-electron chi connectivity index (χ1n) is 13.0. The standard InChI is InChI=1S/C29H36N4O5/c1-29(28(35)36-3,20-38-26-11-7-8-16-37-26)18-24(30-27(34)25-19-33(2)32-31-25)17-21-12-14-23(15-13-21)22-9-5-4-6-10-22/h4-6,9-10,12-15,19,24,26H,7-8,11,16-18,20H2,1-3H3,(H,30,34)/t24-,26?,29+/m1/s1. The molecule has 0 spiro atoms. The lowest BCUT2D eigenvalue weighted by molar-refractivity contribution is -0.189. The third-order valence-electron chi connectivity index (χ3n) is 6.81. The van der Waals surface area contributed by atoms with Crippen LogP contribution in [0, 0.1) is 5.41 Å². The number of hydrogen-bond acceptors (Lipinski definition) is 7. The highest BCUT2D eigenvalue weighted by molar-refractivity contribution is 5.92. The molecule has 1 N–H and O–H groups in total. The van der Waals surface area contributed by atoms with Crippen LogP contribution in [0.2, 0.25) is 0 Å². The van der Waals surface area contributed by atoms with Crippen molar-refractivity contribution in [3.8, 4) is 11.1 Å². The highest BCUT2D eigenvalue weighted by Gasteiger charge is 2.39. The number of aryl methyl sites for hydroxylation is 1. The molecule has 1 aliphatic heterocycles.